The SMILES string of the molecule is CC(C)(C)c1ccnc(-n2c3[c-]c(Oc4[c-]c(N5[CH-]N(c6c(C(C)(C)C)cc(-c7ccccc7)cc6C(C)(C)C)c6ccccc65)ccc4)ncc3c3ccccc32)c1.[Pt]. The topological polar surface area (TPSA) is 46.4 Å². The summed E-state index contributed by atoms with van der Waals surface area (Å²) in [7, 11) is 0. The van der Waals surface area contributed by atoms with Gasteiger partial charge in [0.2, 0.25) is 0 Å². The van der Waals surface area contributed by atoms with E-state index in [1.165, 1.54) is 33.5 Å². The first-order valence-electron chi connectivity index (χ1n) is 20.4. The van der Waals surface area contributed by atoms with E-state index < -0.39 is 0 Å². The molecule has 60 heavy (non-hydrogen) atoms. The molecule has 6 nitrogen and oxygen atoms in total. The first kappa shape index (κ1) is 41.0. The van der Waals surface area contributed by atoms with Crippen molar-refractivity contribution in [3.8, 4) is 28.6 Å². The molecule has 0 atom stereocenters. The van der Waals surface area contributed by atoms with Gasteiger partial charge in [0.1, 0.15) is 11.7 Å². The Hall–Kier alpha value is -5.71. The van der Waals surface area contributed by atoms with Crippen LogP contribution in [0.4, 0.5) is 22.7 Å². The number of pyridine rings is 2. The van der Waals surface area contributed by atoms with Gasteiger partial charge in [-0.1, -0.05) is 128 Å². The van der Waals surface area contributed by atoms with Crippen LogP contribution in [0.25, 0.3) is 38.8 Å². The molecule has 3 aromatic heterocycles. The molecule has 8 aromatic rings. The van der Waals surface area contributed by atoms with Crippen molar-refractivity contribution in [1.29, 1.82) is 0 Å². The Labute approximate surface area is 369 Å². The van der Waals surface area contributed by atoms with Gasteiger partial charge in [0, 0.05) is 55.6 Å². The molecule has 0 unspecified atom stereocenters. The second-order valence-electron chi connectivity index (χ2n) is 18.6. The Kier molecular flexibility index (Phi) is 10.5. The molecule has 0 spiro atoms. The normalized spacial score (nSPS) is 13.2. The van der Waals surface area contributed by atoms with E-state index >= 15 is 0 Å². The molecule has 0 bridgehead atoms. The number of anilines is 4. The molecule has 0 N–H and O–H groups in total. The molecule has 7 heteroatoms. The predicted molar refractivity (Wildman–Crippen MR) is 244 cm³/mol. The maximum Gasteiger partial charge on any atom is 0.134 e. The van der Waals surface area contributed by atoms with Crippen LogP contribution in [-0.2, 0) is 37.3 Å². The zero-order valence-corrected chi connectivity index (χ0v) is 38.0. The van der Waals surface area contributed by atoms with Crippen molar-refractivity contribution in [2.45, 2.75) is 78.6 Å². The van der Waals surface area contributed by atoms with Crippen LogP contribution in [0.15, 0.2) is 134 Å². The Balaban J connectivity index is 0.00000499. The first-order chi connectivity index (χ1) is 28.1. The fraction of sp³-hybridized carbons (Fsp3) is 0.226. The van der Waals surface area contributed by atoms with E-state index in [4.69, 9.17) is 14.7 Å². The number of para-hydroxylation sites is 3. The Morgan fingerprint density at radius 3 is 1.92 bits per heavy atom. The van der Waals surface area contributed by atoms with E-state index in [1.807, 2.05) is 24.5 Å². The van der Waals surface area contributed by atoms with Crippen LogP contribution < -0.4 is 14.5 Å². The van der Waals surface area contributed by atoms with Crippen molar-refractivity contribution >= 4 is 44.6 Å². The Bertz CT molecular complexity index is 2820. The van der Waals surface area contributed by atoms with E-state index in [2.05, 4.69) is 205 Å². The summed E-state index contributed by atoms with van der Waals surface area (Å²) in [4.78, 5) is 14.2. The average molecular weight is 968 g/mol. The molecule has 0 radical (unpaired) electrons. The molecule has 0 saturated heterocycles. The van der Waals surface area contributed by atoms with Gasteiger partial charge in [0.25, 0.3) is 0 Å². The van der Waals surface area contributed by atoms with Crippen molar-refractivity contribution in [1.82, 2.24) is 14.5 Å². The van der Waals surface area contributed by atoms with Crippen molar-refractivity contribution in [3.05, 3.63) is 169 Å². The number of aromatic nitrogens is 3. The summed E-state index contributed by atoms with van der Waals surface area (Å²) in [5.74, 6) is 1.73. The Morgan fingerprint density at radius 2 is 1.23 bits per heavy atom. The fourth-order valence-electron chi connectivity index (χ4n) is 8.13. The minimum atomic E-state index is -0.141. The van der Waals surface area contributed by atoms with Crippen molar-refractivity contribution in [2.75, 3.05) is 9.80 Å². The van der Waals surface area contributed by atoms with E-state index in [-0.39, 0.29) is 37.3 Å². The van der Waals surface area contributed by atoms with Crippen LogP contribution in [0.3, 0.4) is 0 Å². The molecular formula is C53H50N5OPt-3. The zero-order valence-electron chi connectivity index (χ0n) is 35.7. The second-order valence-corrected chi connectivity index (χ2v) is 18.6. The van der Waals surface area contributed by atoms with Crippen LogP contribution in [0.1, 0.15) is 79.0 Å². The average Bonchev–Trinajstić information content (AvgIpc) is 3.76. The number of nitrogens with zero attached hydrogens (tertiary/aromatic N) is 5. The maximum atomic E-state index is 6.52. The van der Waals surface area contributed by atoms with E-state index in [0.717, 1.165) is 44.7 Å². The molecule has 5 aromatic carbocycles. The van der Waals surface area contributed by atoms with Gasteiger partial charge in [-0.2, -0.15) is 12.1 Å². The smallest absolute Gasteiger partial charge is 0.134 e. The molecule has 0 saturated carbocycles. The van der Waals surface area contributed by atoms with Crippen LogP contribution in [0.2, 0.25) is 0 Å². The van der Waals surface area contributed by atoms with Crippen LogP contribution >= 0.6 is 0 Å². The third-order valence-corrected chi connectivity index (χ3v) is 11.2. The number of hydrogen-bond acceptors (Lipinski definition) is 5. The monoisotopic (exact) mass is 967 g/mol. The summed E-state index contributed by atoms with van der Waals surface area (Å²) in [6.07, 6.45) is 3.76. The maximum absolute atomic E-state index is 6.52. The molecular weight excluding hydrogens is 918 g/mol. The predicted octanol–water partition coefficient (Wildman–Crippen LogP) is 13.9. The van der Waals surface area contributed by atoms with Gasteiger partial charge < -0.3 is 19.1 Å². The van der Waals surface area contributed by atoms with Gasteiger partial charge in [0.15, 0.2) is 0 Å². The quantitative estimate of drug-likeness (QED) is 0.155. The standard InChI is InChI=1S/C53H50N5O.Pt/c1-51(2,3)37-26-27-54-48(30-37)58-44-23-14-13-22-40(44)41-33-55-49(32-47(41)58)59-39-21-17-20-38(31-39)56-34-57(46-25-16-15-24-45(46)56)50-42(52(4,5)6)28-36(29-43(50)53(7,8)9)35-18-11-10-12-19-35;/h10-30,33-34H,1-9H3;/q-3;. The number of benzene rings is 5. The fourth-order valence-corrected chi connectivity index (χ4v) is 8.13. The van der Waals surface area contributed by atoms with Gasteiger partial charge in [-0.3, -0.25) is 4.98 Å². The summed E-state index contributed by atoms with van der Waals surface area (Å²) in [5.41, 5.74) is 12.0. The molecule has 1 aliphatic rings. The van der Waals surface area contributed by atoms with Gasteiger partial charge in [0.05, 0.1) is 0 Å². The number of ether oxygens (including phenoxy) is 1. The molecule has 0 amide bonds. The van der Waals surface area contributed by atoms with Crippen LogP contribution in [-0.4, -0.2) is 14.5 Å². The van der Waals surface area contributed by atoms with Gasteiger partial charge in [-0.25, -0.2) is 4.98 Å². The summed E-state index contributed by atoms with van der Waals surface area (Å²) < 4.78 is 8.68. The van der Waals surface area contributed by atoms with Crippen LogP contribution in [0, 0.1) is 18.8 Å². The molecule has 0 fully saturated rings. The third-order valence-electron chi connectivity index (χ3n) is 11.2. The largest absolute Gasteiger partial charge is 0.493 e. The minimum absolute atomic E-state index is 0. The summed E-state index contributed by atoms with van der Waals surface area (Å²) >= 11 is 0. The number of hydrogen-bond donors (Lipinski definition) is 0. The molecule has 9 rings (SSSR count). The van der Waals surface area contributed by atoms with Crippen LogP contribution in [0.5, 0.6) is 11.6 Å². The number of rotatable bonds is 6. The minimum Gasteiger partial charge on any atom is -0.493 e. The van der Waals surface area contributed by atoms with Gasteiger partial charge >= 0.3 is 0 Å². The summed E-state index contributed by atoms with van der Waals surface area (Å²) in [5, 5.41) is 2.07. The third kappa shape index (κ3) is 7.51. The second kappa shape index (κ2) is 15.4. The van der Waals surface area contributed by atoms with E-state index in [0.29, 0.717) is 11.6 Å². The Morgan fingerprint density at radius 1 is 0.583 bits per heavy atom. The summed E-state index contributed by atoms with van der Waals surface area (Å²) in [6, 6.07) is 49.8. The zero-order chi connectivity index (χ0) is 41.3. The van der Waals surface area contributed by atoms with Gasteiger partial charge in [-0.05, 0) is 92.7 Å². The number of fused-ring (bicyclic) bond motifs is 4. The van der Waals surface area contributed by atoms with Crippen molar-refractivity contribution in [2.24, 2.45) is 0 Å². The molecule has 1 aliphatic heterocycles. The summed E-state index contributed by atoms with van der Waals surface area (Å²) in [6.45, 7) is 22.7. The van der Waals surface area contributed by atoms with Crippen molar-refractivity contribution < 1.29 is 25.8 Å². The van der Waals surface area contributed by atoms with E-state index in [9.17, 15) is 0 Å². The van der Waals surface area contributed by atoms with Gasteiger partial charge in [-0.15, -0.1) is 41.5 Å². The molecule has 4 heterocycles. The first-order valence-corrected chi connectivity index (χ1v) is 20.4. The van der Waals surface area contributed by atoms with Crippen molar-refractivity contribution in [3.63, 3.8) is 0 Å². The van der Waals surface area contributed by atoms with E-state index in [1.54, 1.807) is 0 Å². The molecule has 0 aliphatic carbocycles. The molecule has 306 valence electrons.